The summed E-state index contributed by atoms with van der Waals surface area (Å²) in [6.45, 7) is 13.5. The largest absolute Gasteiger partial charge is 0.316 e. The minimum absolute atomic E-state index is 0.673. The van der Waals surface area contributed by atoms with E-state index < -0.39 is 0 Å². The predicted octanol–water partition coefficient (Wildman–Crippen LogP) is 1.96. The highest BCUT2D eigenvalue weighted by molar-refractivity contribution is 4.92. The molecule has 2 fully saturated rings. The third-order valence-electron chi connectivity index (χ3n) is 3.83. The highest BCUT2D eigenvalue weighted by atomic mass is 15.1. The molecule has 2 aliphatic rings. The van der Waals surface area contributed by atoms with E-state index in [2.05, 4.69) is 31.0 Å². The minimum atomic E-state index is 0.673. The van der Waals surface area contributed by atoms with Crippen molar-refractivity contribution < 1.29 is 0 Å². The van der Waals surface area contributed by atoms with Gasteiger partial charge in [-0.25, -0.2) is 0 Å². The molecule has 1 saturated heterocycles. The number of nitrogens with zero attached hydrogens (tertiary/aromatic N) is 1. The molecule has 0 aromatic rings. The number of rotatable bonds is 2. The highest BCUT2D eigenvalue weighted by Crippen LogP contribution is 2.45. The van der Waals surface area contributed by atoms with Crippen molar-refractivity contribution in [1.29, 1.82) is 0 Å². The number of hydrogen-bond donors (Lipinski definition) is 1. The normalized spacial score (nSPS) is 37.0. The maximum absolute atomic E-state index is 3.56. The van der Waals surface area contributed by atoms with Crippen LogP contribution >= 0.6 is 0 Å². The van der Waals surface area contributed by atoms with Crippen molar-refractivity contribution in [1.82, 2.24) is 10.2 Å². The summed E-state index contributed by atoms with van der Waals surface area (Å²) in [6.07, 6.45) is 2.90. The summed E-state index contributed by atoms with van der Waals surface area (Å²) in [5, 5.41) is 3.56. The van der Waals surface area contributed by atoms with Crippen LogP contribution in [0.5, 0.6) is 0 Å². The molecule has 1 aliphatic carbocycles. The van der Waals surface area contributed by atoms with E-state index in [0.29, 0.717) is 5.41 Å². The standard InChI is InChI=1S/C13H26N2/c1-11-6-14-7-12(2)9-15(8-11)10-13(3)4-5-13/h11-12,14H,4-10H2,1-3H3. The summed E-state index contributed by atoms with van der Waals surface area (Å²) < 4.78 is 0. The molecule has 2 nitrogen and oxygen atoms in total. The van der Waals surface area contributed by atoms with Crippen molar-refractivity contribution in [3.05, 3.63) is 0 Å². The fraction of sp³-hybridized carbons (Fsp3) is 1.00. The lowest BCUT2D eigenvalue weighted by Crippen LogP contribution is -2.44. The molecule has 0 amide bonds. The first-order valence-corrected chi connectivity index (χ1v) is 6.50. The summed E-state index contributed by atoms with van der Waals surface area (Å²) >= 11 is 0. The van der Waals surface area contributed by atoms with Gasteiger partial charge in [0.2, 0.25) is 0 Å². The SMILES string of the molecule is CC1CNCC(C)CN(CC2(C)CC2)C1. The van der Waals surface area contributed by atoms with Crippen LogP contribution < -0.4 is 5.32 Å². The van der Waals surface area contributed by atoms with Gasteiger partial charge in [0.05, 0.1) is 0 Å². The van der Waals surface area contributed by atoms with Crippen molar-refractivity contribution >= 4 is 0 Å². The lowest BCUT2D eigenvalue weighted by Gasteiger charge is -2.33. The van der Waals surface area contributed by atoms with Crippen molar-refractivity contribution in [3.63, 3.8) is 0 Å². The Bertz CT molecular complexity index is 199. The molecule has 2 heteroatoms. The van der Waals surface area contributed by atoms with Crippen molar-refractivity contribution in [2.45, 2.75) is 33.6 Å². The van der Waals surface area contributed by atoms with Gasteiger partial charge in [0.1, 0.15) is 0 Å². The molecule has 15 heavy (non-hydrogen) atoms. The van der Waals surface area contributed by atoms with E-state index >= 15 is 0 Å². The molecule has 0 bridgehead atoms. The minimum Gasteiger partial charge on any atom is -0.316 e. The first-order valence-electron chi connectivity index (χ1n) is 6.50. The summed E-state index contributed by atoms with van der Waals surface area (Å²) in [7, 11) is 0. The van der Waals surface area contributed by atoms with Crippen molar-refractivity contribution in [3.8, 4) is 0 Å². The monoisotopic (exact) mass is 210 g/mol. The second kappa shape index (κ2) is 4.42. The van der Waals surface area contributed by atoms with E-state index in [9.17, 15) is 0 Å². The quantitative estimate of drug-likeness (QED) is 0.749. The van der Waals surface area contributed by atoms with Crippen molar-refractivity contribution in [2.24, 2.45) is 17.3 Å². The second-order valence-corrected chi connectivity index (χ2v) is 6.37. The predicted molar refractivity (Wildman–Crippen MR) is 65.0 cm³/mol. The number of hydrogen-bond acceptors (Lipinski definition) is 2. The Balaban J connectivity index is 1.87. The zero-order chi connectivity index (χ0) is 10.9. The fourth-order valence-corrected chi connectivity index (χ4v) is 2.70. The highest BCUT2D eigenvalue weighted by Gasteiger charge is 2.39. The van der Waals surface area contributed by atoms with Gasteiger partial charge in [0.15, 0.2) is 0 Å². The molecule has 1 saturated carbocycles. The Morgan fingerprint density at radius 1 is 1.13 bits per heavy atom. The first-order chi connectivity index (χ1) is 7.07. The van der Waals surface area contributed by atoms with Crippen LogP contribution in [0.15, 0.2) is 0 Å². The Kier molecular flexibility index (Phi) is 3.36. The maximum atomic E-state index is 3.56. The van der Waals surface area contributed by atoms with E-state index in [1.807, 2.05) is 0 Å². The Morgan fingerprint density at radius 3 is 2.13 bits per heavy atom. The molecule has 1 aliphatic heterocycles. The van der Waals surface area contributed by atoms with Gasteiger partial charge in [-0.1, -0.05) is 20.8 Å². The molecule has 88 valence electrons. The molecule has 0 radical (unpaired) electrons. The van der Waals surface area contributed by atoms with Gasteiger partial charge in [-0.15, -0.1) is 0 Å². The molecule has 2 atom stereocenters. The van der Waals surface area contributed by atoms with E-state index in [1.165, 1.54) is 45.6 Å². The molecule has 2 rings (SSSR count). The van der Waals surface area contributed by atoms with Crippen LogP contribution in [0.4, 0.5) is 0 Å². The van der Waals surface area contributed by atoms with Crippen LogP contribution in [0.3, 0.4) is 0 Å². The average molecular weight is 210 g/mol. The third-order valence-corrected chi connectivity index (χ3v) is 3.83. The molecule has 0 aromatic heterocycles. The summed E-state index contributed by atoms with van der Waals surface area (Å²) in [6, 6.07) is 0. The summed E-state index contributed by atoms with van der Waals surface area (Å²) in [4.78, 5) is 2.71. The van der Waals surface area contributed by atoms with Crippen LogP contribution in [-0.4, -0.2) is 37.6 Å². The molecular weight excluding hydrogens is 184 g/mol. The molecule has 0 spiro atoms. The molecule has 1 N–H and O–H groups in total. The first kappa shape index (κ1) is 11.4. The van der Waals surface area contributed by atoms with Crippen LogP contribution in [0.25, 0.3) is 0 Å². The van der Waals surface area contributed by atoms with Crippen LogP contribution in [-0.2, 0) is 0 Å². The Morgan fingerprint density at radius 2 is 1.67 bits per heavy atom. The van der Waals surface area contributed by atoms with E-state index in [-0.39, 0.29) is 0 Å². The fourth-order valence-electron chi connectivity index (χ4n) is 2.70. The van der Waals surface area contributed by atoms with Crippen molar-refractivity contribution in [2.75, 3.05) is 32.7 Å². The topological polar surface area (TPSA) is 15.3 Å². The molecule has 1 heterocycles. The average Bonchev–Trinajstić information content (AvgIpc) is 2.80. The van der Waals surface area contributed by atoms with Gasteiger partial charge < -0.3 is 10.2 Å². The van der Waals surface area contributed by atoms with Gasteiger partial charge >= 0.3 is 0 Å². The van der Waals surface area contributed by atoms with Gasteiger partial charge in [0, 0.05) is 19.6 Å². The van der Waals surface area contributed by atoms with Gasteiger partial charge in [0.25, 0.3) is 0 Å². The maximum Gasteiger partial charge on any atom is 0.00356 e. The third kappa shape index (κ3) is 3.46. The number of nitrogens with one attached hydrogen (secondary N) is 1. The lowest BCUT2D eigenvalue weighted by molar-refractivity contribution is 0.159. The van der Waals surface area contributed by atoms with Crippen LogP contribution in [0.1, 0.15) is 33.6 Å². The Labute approximate surface area is 94.4 Å². The van der Waals surface area contributed by atoms with Gasteiger partial charge in [-0.2, -0.15) is 0 Å². The van der Waals surface area contributed by atoms with E-state index in [0.717, 1.165) is 11.8 Å². The zero-order valence-electron chi connectivity index (χ0n) is 10.6. The lowest BCUT2D eigenvalue weighted by atomic mass is 10.0. The zero-order valence-corrected chi connectivity index (χ0v) is 10.6. The van der Waals surface area contributed by atoms with E-state index in [1.54, 1.807) is 0 Å². The Hall–Kier alpha value is -0.0800. The van der Waals surface area contributed by atoms with E-state index in [4.69, 9.17) is 0 Å². The van der Waals surface area contributed by atoms with Crippen LogP contribution in [0.2, 0.25) is 0 Å². The van der Waals surface area contributed by atoms with Crippen LogP contribution in [0, 0.1) is 17.3 Å². The smallest absolute Gasteiger partial charge is 0.00356 e. The summed E-state index contributed by atoms with van der Waals surface area (Å²) in [5.41, 5.74) is 0.673. The summed E-state index contributed by atoms with van der Waals surface area (Å²) in [5.74, 6) is 1.61. The van der Waals surface area contributed by atoms with Gasteiger partial charge in [-0.3, -0.25) is 0 Å². The second-order valence-electron chi connectivity index (χ2n) is 6.37. The molecular formula is C13H26N2. The molecule has 2 unspecified atom stereocenters. The molecule has 0 aromatic carbocycles. The van der Waals surface area contributed by atoms with Gasteiger partial charge in [-0.05, 0) is 43.2 Å².